The fourth-order valence-electron chi connectivity index (χ4n) is 1.26. The van der Waals surface area contributed by atoms with Crippen LogP contribution in [0.15, 0.2) is 47.1 Å². The number of hydrogen-bond donors (Lipinski definition) is 1. The Balaban J connectivity index is 2.05. The molecule has 0 radical (unpaired) electrons. The third kappa shape index (κ3) is 2.73. The van der Waals surface area contributed by atoms with E-state index in [-0.39, 0.29) is 5.75 Å². The van der Waals surface area contributed by atoms with Gasteiger partial charge in [-0.3, -0.25) is 0 Å². The van der Waals surface area contributed by atoms with E-state index in [1.165, 1.54) is 0 Å². The first-order valence-corrected chi connectivity index (χ1v) is 5.57. The van der Waals surface area contributed by atoms with Gasteiger partial charge in [0.1, 0.15) is 11.2 Å². The van der Waals surface area contributed by atoms with Crippen molar-refractivity contribution < 1.29 is 9.84 Å². The Morgan fingerprint density at radius 1 is 1.12 bits per heavy atom. The highest BCUT2D eigenvalue weighted by atomic mass is 79.9. The molecule has 16 heavy (non-hydrogen) atoms. The molecule has 1 aromatic carbocycles. The van der Waals surface area contributed by atoms with Crippen molar-refractivity contribution >= 4 is 15.9 Å². The summed E-state index contributed by atoms with van der Waals surface area (Å²) in [5.41, 5.74) is 0.803. The van der Waals surface area contributed by atoms with Gasteiger partial charge in [-0.05, 0) is 40.2 Å². The van der Waals surface area contributed by atoms with E-state index in [9.17, 15) is 5.11 Å². The number of rotatable bonds is 3. The molecule has 0 aliphatic heterocycles. The molecule has 2 rings (SSSR count). The molecule has 2 aromatic rings. The van der Waals surface area contributed by atoms with E-state index in [0.29, 0.717) is 12.4 Å². The number of nitrogens with zero attached hydrogens (tertiary/aromatic N) is 1. The minimum absolute atomic E-state index is 0.137. The number of para-hydroxylation sites is 2. The quantitative estimate of drug-likeness (QED) is 0.878. The fraction of sp³-hybridized carbons (Fsp3) is 0.0833. The maximum atomic E-state index is 9.49. The van der Waals surface area contributed by atoms with Crippen LogP contribution in [-0.2, 0) is 6.61 Å². The van der Waals surface area contributed by atoms with Crippen molar-refractivity contribution in [1.82, 2.24) is 4.98 Å². The highest BCUT2D eigenvalue weighted by Crippen LogP contribution is 2.25. The van der Waals surface area contributed by atoms with Gasteiger partial charge < -0.3 is 9.84 Å². The normalized spacial score (nSPS) is 10.1. The van der Waals surface area contributed by atoms with Crippen LogP contribution >= 0.6 is 15.9 Å². The van der Waals surface area contributed by atoms with E-state index in [0.717, 1.165) is 10.3 Å². The average Bonchev–Trinajstić information content (AvgIpc) is 2.28. The average molecular weight is 280 g/mol. The summed E-state index contributed by atoms with van der Waals surface area (Å²) in [5.74, 6) is 0.599. The van der Waals surface area contributed by atoms with Gasteiger partial charge in [-0.15, -0.1) is 0 Å². The standard InChI is InChI=1S/C12H10BrNO2/c13-12-7-3-4-9(14-12)8-16-11-6-2-1-5-10(11)15/h1-7,15H,8H2. The summed E-state index contributed by atoms with van der Waals surface area (Å²) >= 11 is 3.29. The molecule has 1 heterocycles. The molecule has 0 atom stereocenters. The molecule has 0 fully saturated rings. The molecule has 0 spiro atoms. The molecule has 0 saturated heterocycles. The van der Waals surface area contributed by atoms with Crippen LogP contribution in [0.4, 0.5) is 0 Å². The first kappa shape index (κ1) is 11.0. The minimum Gasteiger partial charge on any atom is -0.504 e. The minimum atomic E-state index is 0.137. The van der Waals surface area contributed by atoms with Crippen molar-refractivity contribution in [2.75, 3.05) is 0 Å². The van der Waals surface area contributed by atoms with E-state index in [1.807, 2.05) is 24.3 Å². The van der Waals surface area contributed by atoms with Gasteiger partial charge in [0.15, 0.2) is 11.5 Å². The van der Waals surface area contributed by atoms with Crippen LogP contribution in [0.2, 0.25) is 0 Å². The third-order valence-corrected chi connectivity index (χ3v) is 2.46. The highest BCUT2D eigenvalue weighted by Gasteiger charge is 2.01. The van der Waals surface area contributed by atoms with Crippen LogP contribution < -0.4 is 4.74 Å². The van der Waals surface area contributed by atoms with Crippen molar-refractivity contribution in [2.24, 2.45) is 0 Å². The van der Waals surface area contributed by atoms with Gasteiger partial charge in [0.05, 0.1) is 5.69 Å². The van der Waals surface area contributed by atoms with Gasteiger partial charge >= 0.3 is 0 Å². The summed E-state index contributed by atoms with van der Waals surface area (Å²) in [5, 5.41) is 9.49. The van der Waals surface area contributed by atoms with Crippen LogP contribution in [0.3, 0.4) is 0 Å². The number of aromatic hydroxyl groups is 1. The monoisotopic (exact) mass is 279 g/mol. The molecule has 1 aromatic heterocycles. The molecule has 0 aliphatic carbocycles. The second-order valence-electron chi connectivity index (χ2n) is 3.21. The Kier molecular flexibility index (Phi) is 3.41. The number of hydrogen-bond acceptors (Lipinski definition) is 3. The Labute approximate surface area is 102 Å². The van der Waals surface area contributed by atoms with Crippen molar-refractivity contribution in [3.05, 3.63) is 52.8 Å². The molecule has 1 N–H and O–H groups in total. The summed E-state index contributed by atoms with van der Waals surface area (Å²) in [6.07, 6.45) is 0. The Morgan fingerprint density at radius 3 is 2.69 bits per heavy atom. The van der Waals surface area contributed by atoms with Crippen LogP contribution in [0.1, 0.15) is 5.69 Å². The zero-order valence-corrected chi connectivity index (χ0v) is 10.0. The zero-order valence-electron chi connectivity index (χ0n) is 8.43. The van der Waals surface area contributed by atoms with Gasteiger partial charge in [0.25, 0.3) is 0 Å². The summed E-state index contributed by atoms with van der Waals surface area (Å²) in [6.45, 7) is 0.330. The molecule has 0 saturated carbocycles. The number of pyridine rings is 1. The second-order valence-corrected chi connectivity index (χ2v) is 4.02. The molecular formula is C12H10BrNO2. The largest absolute Gasteiger partial charge is 0.504 e. The maximum Gasteiger partial charge on any atom is 0.161 e. The maximum absolute atomic E-state index is 9.49. The predicted octanol–water partition coefficient (Wildman–Crippen LogP) is 3.13. The van der Waals surface area contributed by atoms with Crippen LogP contribution in [0.5, 0.6) is 11.5 Å². The number of ether oxygens (including phenoxy) is 1. The Hall–Kier alpha value is -1.55. The zero-order chi connectivity index (χ0) is 11.4. The van der Waals surface area contributed by atoms with E-state index in [4.69, 9.17) is 4.74 Å². The van der Waals surface area contributed by atoms with Crippen LogP contribution in [0, 0.1) is 0 Å². The third-order valence-electron chi connectivity index (χ3n) is 2.01. The molecular weight excluding hydrogens is 270 g/mol. The Bertz CT molecular complexity index is 488. The molecule has 0 unspecified atom stereocenters. The number of aromatic nitrogens is 1. The predicted molar refractivity (Wildman–Crippen MR) is 64.4 cm³/mol. The van der Waals surface area contributed by atoms with Gasteiger partial charge in [0, 0.05) is 0 Å². The summed E-state index contributed by atoms with van der Waals surface area (Å²) in [4.78, 5) is 4.23. The molecule has 4 heteroatoms. The topological polar surface area (TPSA) is 42.4 Å². The van der Waals surface area contributed by atoms with Crippen molar-refractivity contribution in [1.29, 1.82) is 0 Å². The fourth-order valence-corrected chi connectivity index (χ4v) is 1.64. The van der Waals surface area contributed by atoms with E-state index in [1.54, 1.807) is 18.2 Å². The van der Waals surface area contributed by atoms with Gasteiger partial charge in [-0.1, -0.05) is 18.2 Å². The molecule has 0 amide bonds. The summed E-state index contributed by atoms with van der Waals surface area (Å²) < 4.78 is 6.21. The molecule has 82 valence electrons. The SMILES string of the molecule is Oc1ccccc1OCc1cccc(Br)n1. The lowest BCUT2D eigenvalue weighted by Gasteiger charge is -2.07. The lowest BCUT2D eigenvalue weighted by Crippen LogP contribution is -1.98. The van der Waals surface area contributed by atoms with Gasteiger partial charge in [-0.25, -0.2) is 4.98 Å². The summed E-state index contributed by atoms with van der Waals surface area (Å²) in [7, 11) is 0. The first-order valence-electron chi connectivity index (χ1n) is 4.78. The van der Waals surface area contributed by atoms with Gasteiger partial charge in [0.2, 0.25) is 0 Å². The lowest BCUT2D eigenvalue weighted by molar-refractivity contribution is 0.284. The van der Waals surface area contributed by atoms with E-state index >= 15 is 0 Å². The molecule has 3 nitrogen and oxygen atoms in total. The molecule has 0 bridgehead atoms. The smallest absolute Gasteiger partial charge is 0.161 e. The van der Waals surface area contributed by atoms with Crippen LogP contribution in [-0.4, -0.2) is 10.1 Å². The number of halogens is 1. The number of phenols is 1. The van der Waals surface area contributed by atoms with Crippen molar-refractivity contribution in [2.45, 2.75) is 6.61 Å². The number of benzene rings is 1. The van der Waals surface area contributed by atoms with Crippen molar-refractivity contribution in [3.8, 4) is 11.5 Å². The molecule has 0 aliphatic rings. The highest BCUT2D eigenvalue weighted by molar-refractivity contribution is 9.10. The number of phenolic OH excluding ortho intramolecular Hbond substituents is 1. The lowest BCUT2D eigenvalue weighted by atomic mass is 10.3. The second kappa shape index (κ2) is 4.99. The van der Waals surface area contributed by atoms with E-state index in [2.05, 4.69) is 20.9 Å². The Morgan fingerprint density at radius 2 is 1.94 bits per heavy atom. The first-order chi connectivity index (χ1) is 7.75. The van der Waals surface area contributed by atoms with Gasteiger partial charge in [-0.2, -0.15) is 0 Å². The van der Waals surface area contributed by atoms with Crippen LogP contribution in [0.25, 0.3) is 0 Å². The summed E-state index contributed by atoms with van der Waals surface area (Å²) in [6, 6.07) is 12.5. The van der Waals surface area contributed by atoms with E-state index < -0.39 is 0 Å². The van der Waals surface area contributed by atoms with Crippen molar-refractivity contribution in [3.63, 3.8) is 0 Å².